The van der Waals surface area contributed by atoms with Crippen LogP contribution in [0.1, 0.15) is 63.4 Å². The van der Waals surface area contributed by atoms with Crippen molar-refractivity contribution in [2.24, 2.45) is 0 Å². The second kappa shape index (κ2) is 8.26. The maximum Gasteiger partial charge on any atom is 0.224 e. The smallest absolute Gasteiger partial charge is 0.224 e. The van der Waals surface area contributed by atoms with E-state index in [0.717, 1.165) is 37.1 Å². The molecule has 2 heterocycles. The van der Waals surface area contributed by atoms with Gasteiger partial charge < -0.3 is 10.2 Å². The summed E-state index contributed by atoms with van der Waals surface area (Å²) in [6.45, 7) is 7.91. The fourth-order valence-electron chi connectivity index (χ4n) is 3.81. The minimum atomic E-state index is 0.0949. The minimum absolute atomic E-state index is 0.0949. The number of benzene rings is 1. The van der Waals surface area contributed by atoms with E-state index in [1.54, 1.807) is 13.3 Å². The molecule has 0 bridgehead atoms. The Labute approximate surface area is 166 Å². The molecule has 1 aromatic carbocycles. The standard InChI is InChI=1S/C21H27ClN4O/c1-5-17(25-21-20(22)18(6-2)23-12-24-21)15-9-10-19-16(11-15)8-7-13(3)26(19)14(4)27/h9-13,17H,5-8H2,1-4H3,(H,23,24,25). The highest BCUT2D eigenvalue weighted by Gasteiger charge is 2.27. The van der Waals surface area contributed by atoms with E-state index in [4.69, 9.17) is 11.6 Å². The van der Waals surface area contributed by atoms with E-state index in [-0.39, 0.29) is 18.0 Å². The third-order valence-electron chi connectivity index (χ3n) is 5.29. The van der Waals surface area contributed by atoms with Crippen LogP contribution in [0.4, 0.5) is 11.5 Å². The molecule has 0 saturated heterocycles. The van der Waals surface area contributed by atoms with Crippen LogP contribution in [0.15, 0.2) is 24.5 Å². The van der Waals surface area contributed by atoms with Crippen molar-refractivity contribution in [3.8, 4) is 0 Å². The Morgan fingerprint density at radius 3 is 2.81 bits per heavy atom. The number of halogens is 1. The van der Waals surface area contributed by atoms with Crippen LogP contribution >= 0.6 is 11.6 Å². The second-order valence-corrected chi connectivity index (χ2v) is 7.48. The number of nitrogens with zero attached hydrogens (tertiary/aromatic N) is 3. The number of fused-ring (bicyclic) bond motifs is 1. The number of aryl methyl sites for hydroxylation is 2. The average Bonchev–Trinajstić information content (AvgIpc) is 2.66. The third kappa shape index (κ3) is 3.93. The Kier molecular flexibility index (Phi) is 6.00. The van der Waals surface area contributed by atoms with Crippen LogP contribution < -0.4 is 10.2 Å². The summed E-state index contributed by atoms with van der Waals surface area (Å²) in [5.74, 6) is 0.772. The first kappa shape index (κ1) is 19.6. The quantitative estimate of drug-likeness (QED) is 0.790. The number of carbonyl (C=O) groups is 1. The number of hydrogen-bond donors (Lipinski definition) is 1. The lowest BCUT2D eigenvalue weighted by atomic mass is 9.92. The average molecular weight is 387 g/mol. The van der Waals surface area contributed by atoms with Gasteiger partial charge in [0.05, 0.1) is 11.7 Å². The van der Waals surface area contributed by atoms with Crippen molar-refractivity contribution in [1.82, 2.24) is 9.97 Å². The molecule has 1 aliphatic rings. The highest BCUT2D eigenvalue weighted by atomic mass is 35.5. The predicted molar refractivity (Wildman–Crippen MR) is 110 cm³/mol. The summed E-state index contributed by atoms with van der Waals surface area (Å²) in [5, 5.41) is 4.06. The van der Waals surface area contributed by atoms with Crippen LogP contribution in [0.3, 0.4) is 0 Å². The molecule has 0 aliphatic carbocycles. The van der Waals surface area contributed by atoms with Crippen LogP contribution in [-0.4, -0.2) is 21.9 Å². The summed E-state index contributed by atoms with van der Waals surface area (Å²) >= 11 is 6.45. The van der Waals surface area contributed by atoms with Crippen LogP contribution in [-0.2, 0) is 17.6 Å². The van der Waals surface area contributed by atoms with E-state index in [2.05, 4.69) is 47.3 Å². The molecule has 2 atom stereocenters. The Morgan fingerprint density at radius 1 is 1.37 bits per heavy atom. The zero-order chi connectivity index (χ0) is 19.6. The second-order valence-electron chi connectivity index (χ2n) is 7.11. The maximum absolute atomic E-state index is 12.1. The van der Waals surface area contributed by atoms with Gasteiger partial charge in [0.2, 0.25) is 5.91 Å². The summed E-state index contributed by atoms with van der Waals surface area (Å²) < 4.78 is 0. The molecule has 2 aromatic rings. The molecule has 3 rings (SSSR count). The molecule has 27 heavy (non-hydrogen) atoms. The zero-order valence-corrected chi connectivity index (χ0v) is 17.2. The number of hydrogen-bond acceptors (Lipinski definition) is 4. The number of carbonyl (C=O) groups excluding carboxylic acids is 1. The predicted octanol–water partition coefficient (Wildman–Crippen LogP) is 4.94. The summed E-state index contributed by atoms with van der Waals surface area (Å²) in [4.78, 5) is 22.5. The molecule has 0 spiro atoms. The van der Waals surface area contributed by atoms with Crippen molar-refractivity contribution >= 4 is 29.0 Å². The highest BCUT2D eigenvalue weighted by Crippen LogP contribution is 2.35. The number of amides is 1. The summed E-state index contributed by atoms with van der Waals surface area (Å²) in [5.41, 5.74) is 4.29. The molecule has 1 aromatic heterocycles. The molecule has 2 unspecified atom stereocenters. The lowest BCUT2D eigenvalue weighted by Crippen LogP contribution is -2.40. The van der Waals surface area contributed by atoms with Crippen LogP contribution in [0.2, 0.25) is 5.02 Å². The Hall–Kier alpha value is -2.14. The Bertz CT molecular complexity index is 839. The lowest BCUT2D eigenvalue weighted by Gasteiger charge is -2.35. The lowest BCUT2D eigenvalue weighted by molar-refractivity contribution is -0.117. The van der Waals surface area contributed by atoms with Gasteiger partial charge in [-0.1, -0.05) is 37.6 Å². The van der Waals surface area contributed by atoms with Gasteiger partial charge in [-0.2, -0.15) is 0 Å². The molecule has 144 valence electrons. The fraction of sp³-hybridized carbons (Fsp3) is 0.476. The molecule has 0 saturated carbocycles. The van der Waals surface area contributed by atoms with Gasteiger partial charge in [-0.05, 0) is 49.8 Å². The van der Waals surface area contributed by atoms with Crippen molar-refractivity contribution in [1.29, 1.82) is 0 Å². The number of nitrogens with one attached hydrogen (secondary N) is 1. The van der Waals surface area contributed by atoms with Gasteiger partial charge in [0.15, 0.2) is 0 Å². The van der Waals surface area contributed by atoms with Crippen LogP contribution in [0, 0.1) is 0 Å². The van der Waals surface area contributed by atoms with Gasteiger partial charge in [-0.15, -0.1) is 0 Å². The van der Waals surface area contributed by atoms with Crippen LogP contribution in [0.25, 0.3) is 0 Å². The van der Waals surface area contributed by atoms with E-state index in [0.29, 0.717) is 10.8 Å². The number of aromatic nitrogens is 2. The van der Waals surface area contributed by atoms with E-state index < -0.39 is 0 Å². The summed E-state index contributed by atoms with van der Waals surface area (Å²) in [6.07, 6.45) is 5.19. The van der Waals surface area contributed by atoms with Crippen LogP contribution in [0.5, 0.6) is 0 Å². The highest BCUT2D eigenvalue weighted by molar-refractivity contribution is 6.33. The van der Waals surface area contributed by atoms with Gasteiger partial charge in [-0.25, -0.2) is 9.97 Å². The molecule has 5 nitrogen and oxygen atoms in total. The first-order chi connectivity index (χ1) is 13.0. The third-order valence-corrected chi connectivity index (χ3v) is 5.69. The fourth-order valence-corrected chi connectivity index (χ4v) is 4.09. The van der Waals surface area contributed by atoms with Crippen molar-refractivity contribution in [3.63, 3.8) is 0 Å². The summed E-state index contributed by atoms with van der Waals surface area (Å²) in [7, 11) is 0. The Morgan fingerprint density at radius 2 is 2.15 bits per heavy atom. The van der Waals surface area contributed by atoms with Crippen molar-refractivity contribution in [2.75, 3.05) is 10.2 Å². The van der Waals surface area contributed by atoms with Crippen molar-refractivity contribution in [2.45, 2.75) is 65.5 Å². The SMILES string of the molecule is CCc1ncnc(NC(CC)c2ccc3c(c2)CCC(C)N3C(C)=O)c1Cl. The zero-order valence-electron chi connectivity index (χ0n) is 16.4. The molecule has 1 amide bonds. The molecule has 6 heteroatoms. The molecule has 1 N–H and O–H groups in total. The summed E-state index contributed by atoms with van der Waals surface area (Å²) in [6, 6.07) is 6.73. The largest absolute Gasteiger partial charge is 0.362 e. The first-order valence-electron chi connectivity index (χ1n) is 9.64. The van der Waals surface area contributed by atoms with E-state index >= 15 is 0 Å². The van der Waals surface area contributed by atoms with Gasteiger partial charge in [0.1, 0.15) is 17.2 Å². The monoisotopic (exact) mass is 386 g/mol. The minimum Gasteiger partial charge on any atom is -0.362 e. The van der Waals surface area contributed by atoms with Gasteiger partial charge >= 0.3 is 0 Å². The van der Waals surface area contributed by atoms with Gasteiger partial charge in [0, 0.05) is 18.7 Å². The number of anilines is 2. The first-order valence-corrected chi connectivity index (χ1v) is 10.0. The molecule has 0 fully saturated rings. The normalized spacial score (nSPS) is 17.4. The van der Waals surface area contributed by atoms with E-state index in [1.165, 1.54) is 11.1 Å². The van der Waals surface area contributed by atoms with E-state index in [9.17, 15) is 4.79 Å². The molecule has 0 radical (unpaired) electrons. The topological polar surface area (TPSA) is 58.1 Å². The van der Waals surface area contributed by atoms with Crippen molar-refractivity contribution in [3.05, 3.63) is 46.4 Å². The molecule has 1 aliphatic heterocycles. The van der Waals surface area contributed by atoms with Gasteiger partial charge in [-0.3, -0.25) is 4.79 Å². The number of rotatable bonds is 5. The van der Waals surface area contributed by atoms with Crippen molar-refractivity contribution < 1.29 is 4.79 Å². The van der Waals surface area contributed by atoms with E-state index in [1.807, 2.05) is 11.8 Å². The van der Waals surface area contributed by atoms with Gasteiger partial charge in [0.25, 0.3) is 0 Å². The molecular formula is C21H27ClN4O. The molecular weight excluding hydrogens is 360 g/mol. The maximum atomic E-state index is 12.1. The Balaban J connectivity index is 1.90.